The van der Waals surface area contributed by atoms with Crippen LogP contribution in [0.15, 0.2) is 16.6 Å². The highest BCUT2D eigenvalue weighted by Crippen LogP contribution is 2.22. The third kappa shape index (κ3) is 4.89. The molecule has 3 atom stereocenters. The van der Waals surface area contributed by atoms with Crippen LogP contribution >= 0.6 is 0 Å². The van der Waals surface area contributed by atoms with Crippen molar-refractivity contribution in [1.29, 1.82) is 0 Å². The molecule has 0 spiro atoms. The molecule has 0 aromatic carbocycles. The molecule has 0 unspecified atom stereocenters. The molecule has 0 aromatic rings. The first kappa shape index (κ1) is 17.1. The van der Waals surface area contributed by atoms with Crippen molar-refractivity contribution in [3.63, 3.8) is 0 Å². The average molecular weight is 285 g/mol. The lowest BCUT2D eigenvalue weighted by Crippen LogP contribution is -2.27. The van der Waals surface area contributed by atoms with Crippen LogP contribution in [0.1, 0.15) is 34.6 Å². The molecule has 0 saturated carbocycles. The quantitative estimate of drug-likeness (QED) is 0.575. The summed E-state index contributed by atoms with van der Waals surface area (Å²) in [4.78, 5) is 4.41. The predicted molar refractivity (Wildman–Crippen MR) is 78.8 cm³/mol. The van der Waals surface area contributed by atoms with Gasteiger partial charge in [-0.15, -0.1) is 0 Å². The first-order chi connectivity index (χ1) is 9.26. The second-order valence-electron chi connectivity index (χ2n) is 5.98. The number of rotatable bonds is 7. The summed E-state index contributed by atoms with van der Waals surface area (Å²) in [5, 5.41) is 10.3. The van der Waals surface area contributed by atoms with Crippen LogP contribution in [0.4, 0.5) is 0 Å². The first-order valence-corrected chi connectivity index (χ1v) is 6.96. The second kappa shape index (κ2) is 7.20. The average Bonchev–Trinajstić information content (AvgIpc) is 2.75. The van der Waals surface area contributed by atoms with Gasteiger partial charge in [-0.05, 0) is 33.3 Å². The summed E-state index contributed by atoms with van der Waals surface area (Å²) in [6.07, 6.45) is 1.22. The fourth-order valence-electron chi connectivity index (χ4n) is 1.93. The molecule has 20 heavy (non-hydrogen) atoms. The number of methoxy groups -OCH3 is 1. The maximum atomic E-state index is 10.3. The Bertz CT molecular complexity index is 376. The highest BCUT2D eigenvalue weighted by atomic mass is 16.7. The SMILES string of the molecule is COCO[C@@H](C)/C(C)=C/[C@H](C)[C@@H](O)C1=NC(C)(C)CO1. The number of aliphatic hydroxyl groups excluding tert-OH is 1. The van der Waals surface area contributed by atoms with Crippen molar-refractivity contribution in [2.75, 3.05) is 20.5 Å². The van der Waals surface area contributed by atoms with Crippen molar-refractivity contribution in [2.45, 2.75) is 52.4 Å². The monoisotopic (exact) mass is 285 g/mol. The van der Waals surface area contributed by atoms with Gasteiger partial charge in [-0.2, -0.15) is 0 Å². The van der Waals surface area contributed by atoms with Crippen LogP contribution < -0.4 is 0 Å². The Morgan fingerprint density at radius 2 is 2.15 bits per heavy atom. The van der Waals surface area contributed by atoms with Crippen LogP contribution in [0.3, 0.4) is 0 Å². The minimum atomic E-state index is -0.721. The molecule has 0 radical (unpaired) electrons. The summed E-state index contributed by atoms with van der Waals surface area (Å²) in [6, 6.07) is 0. The molecule has 5 nitrogen and oxygen atoms in total. The Morgan fingerprint density at radius 3 is 2.65 bits per heavy atom. The third-order valence-electron chi connectivity index (χ3n) is 3.34. The normalized spacial score (nSPS) is 22.9. The molecule has 1 aliphatic rings. The van der Waals surface area contributed by atoms with Crippen LogP contribution in [0.2, 0.25) is 0 Å². The van der Waals surface area contributed by atoms with Crippen molar-refractivity contribution in [3.8, 4) is 0 Å². The number of ether oxygens (including phenoxy) is 3. The molecule has 0 amide bonds. The standard InChI is InChI=1S/C15H27NO4/c1-10(12(3)20-9-18-6)7-11(2)13(17)14-16-15(4,5)8-19-14/h7,11-13,17H,8-9H2,1-6H3/b10-7+/t11-,12-,13+/m0/s1. The molecule has 0 fully saturated rings. The van der Waals surface area contributed by atoms with E-state index in [1.807, 2.05) is 40.7 Å². The van der Waals surface area contributed by atoms with Gasteiger partial charge in [0, 0.05) is 13.0 Å². The number of aliphatic hydroxyl groups is 1. The third-order valence-corrected chi connectivity index (χ3v) is 3.34. The maximum absolute atomic E-state index is 10.3. The van der Waals surface area contributed by atoms with Crippen molar-refractivity contribution < 1.29 is 19.3 Å². The maximum Gasteiger partial charge on any atom is 0.214 e. The van der Waals surface area contributed by atoms with Crippen LogP contribution in [-0.2, 0) is 14.2 Å². The van der Waals surface area contributed by atoms with Gasteiger partial charge in [-0.1, -0.05) is 13.0 Å². The lowest BCUT2D eigenvalue weighted by Gasteiger charge is -2.18. The molecule has 116 valence electrons. The van der Waals surface area contributed by atoms with E-state index in [2.05, 4.69) is 4.99 Å². The van der Waals surface area contributed by atoms with E-state index >= 15 is 0 Å². The van der Waals surface area contributed by atoms with Gasteiger partial charge in [-0.25, -0.2) is 4.99 Å². The highest BCUT2D eigenvalue weighted by Gasteiger charge is 2.32. The van der Waals surface area contributed by atoms with Gasteiger partial charge in [0.2, 0.25) is 5.90 Å². The number of hydrogen-bond acceptors (Lipinski definition) is 5. The molecule has 0 aliphatic carbocycles. The summed E-state index contributed by atoms with van der Waals surface area (Å²) >= 11 is 0. The topological polar surface area (TPSA) is 60.3 Å². The van der Waals surface area contributed by atoms with E-state index < -0.39 is 6.10 Å². The zero-order valence-electron chi connectivity index (χ0n) is 13.3. The van der Waals surface area contributed by atoms with Gasteiger partial charge in [0.15, 0.2) is 0 Å². The fraction of sp³-hybridized carbons (Fsp3) is 0.800. The van der Waals surface area contributed by atoms with Gasteiger partial charge >= 0.3 is 0 Å². The lowest BCUT2D eigenvalue weighted by molar-refractivity contribution is -0.0532. The van der Waals surface area contributed by atoms with Gasteiger partial charge in [0.25, 0.3) is 0 Å². The van der Waals surface area contributed by atoms with Crippen molar-refractivity contribution in [3.05, 3.63) is 11.6 Å². The Balaban J connectivity index is 2.63. The Hall–Kier alpha value is -0.910. The minimum absolute atomic E-state index is 0.0486. The molecule has 5 heteroatoms. The Labute approximate surface area is 121 Å². The van der Waals surface area contributed by atoms with Crippen molar-refractivity contribution >= 4 is 5.90 Å². The fourth-order valence-corrected chi connectivity index (χ4v) is 1.93. The van der Waals surface area contributed by atoms with E-state index in [0.29, 0.717) is 12.5 Å². The first-order valence-electron chi connectivity index (χ1n) is 6.96. The number of aliphatic imine (C=N–C) groups is 1. The van der Waals surface area contributed by atoms with Crippen LogP contribution in [-0.4, -0.2) is 49.3 Å². The predicted octanol–water partition coefficient (Wildman–Crippen LogP) is 2.15. The van der Waals surface area contributed by atoms with Gasteiger partial charge in [-0.3, -0.25) is 0 Å². The summed E-state index contributed by atoms with van der Waals surface area (Å²) in [5.41, 5.74) is 0.801. The van der Waals surface area contributed by atoms with Gasteiger partial charge < -0.3 is 19.3 Å². The molecule has 0 bridgehead atoms. The van der Waals surface area contributed by atoms with E-state index in [1.165, 1.54) is 0 Å². The molecular formula is C15H27NO4. The van der Waals surface area contributed by atoms with E-state index in [-0.39, 0.29) is 24.4 Å². The van der Waals surface area contributed by atoms with Gasteiger partial charge in [0.05, 0.1) is 11.6 Å². The summed E-state index contributed by atoms with van der Waals surface area (Å²) in [7, 11) is 1.59. The van der Waals surface area contributed by atoms with Crippen LogP contribution in [0.25, 0.3) is 0 Å². The molecule has 0 saturated heterocycles. The number of hydrogen-bond donors (Lipinski definition) is 1. The zero-order chi connectivity index (χ0) is 15.3. The second-order valence-corrected chi connectivity index (χ2v) is 5.98. The lowest BCUT2D eigenvalue weighted by atomic mass is 9.99. The molecule has 1 heterocycles. The Kier molecular flexibility index (Phi) is 6.17. The highest BCUT2D eigenvalue weighted by molar-refractivity contribution is 5.83. The van der Waals surface area contributed by atoms with Crippen molar-refractivity contribution in [2.24, 2.45) is 10.9 Å². The van der Waals surface area contributed by atoms with Crippen molar-refractivity contribution in [1.82, 2.24) is 0 Å². The molecule has 1 N–H and O–H groups in total. The summed E-state index contributed by atoms with van der Waals surface area (Å²) in [6.45, 7) is 10.6. The smallest absolute Gasteiger partial charge is 0.214 e. The minimum Gasteiger partial charge on any atom is -0.477 e. The molecule has 1 aliphatic heterocycles. The van der Waals surface area contributed by atoms with E-state index in [9.17, 15) is 5.11 Å². The van der Waals surface area contributed by atoms with Crippen LogP contribution in [0, 0.1) is 5.92 Å². The van der Waals surface area contributed by atoms with Gasteiger partial charge in [0.1, 0.15) is 19.5 Å². The van der Waals surface area contributed by atoms with E-state index in [1.54, 1.807) is 7.11 Å². The Morgan fingerprint density at radius 1 is 1.50 bits per heavy atom. The zero-order valence-corrected chi connectivity index (χ0v) is 13.3. The van der Waals surface area contributed by atoms with E-state index in [0.717, 1.165) is 5.57 Å². The van der Waals surface area contributed by atoms with E-state index in [4.69, 9.17) is 14.2 Å². The molecule has 0 aromatic heterocycles. The largest absolute Gasteiger partial charge is 0.477 e. The van der Waals surface area contributed by atoms with Crippen LogP contribution in [0.5, 0.6) is 0 Å². The molecule has 1 rings (SSSR count). The summed E-state index contributed by atoms with van der Waals surface area (Å²) in [5.74, 6) is 0.341. The number of nitrogens with zero attached hydrogens (tertiary/aromatic N) is 1. The molecular weight excluding hydrogens is 258 g/mol. The summed E-state index contributed by atoms with van der Waals surface area (Å²) < 4.78 is 15.8.